The molecule has 296 valence electrons. The van der Waals surface area contributed by atoms with Crippen LogP contribution in [0.15, 0.2) is 126 Å². The summed E-state index contributed by atoms with van der Waals surface area (Å²) < 4.78 is 34.1. The highest BCUT2D eigenvalue weighted by Crippen LogP contribution is 2.40. The Kier molecular flexibility index (Phi) is 13.8. The standard InChI is InChI=1S/C36H32N2O4S.C9H15NO3S/c39-35(38-43(40,41)25-26-13-4-1-5-14-26)31-21-12-15-27(24-31)23-30-20-10-11-22-32(30)36-37-33(28-16-6-2-7-17-28)34(42-36)29-18-8-3-9-19-29;1-6(5-14)8(11)10-4-2-3-7(10)9(12)13/h1-9,12-19,21-22,24,30H,10-11,20,23,25H2,(H,38,39);6-7,14H,2-5H2,1H3,(H,12,13)/t30-;6-,7+/m01/s1. The summed E-state index contributed by atoms with van der Waals surface area (Å²) in [6.07, 6.45) is 7.19. The van der Waals surface area contributed by atoms with E-state index in [4.69, 9.17) is 14.5 Å². The summed E-state index contributed by atoms with van der Waals surface area (Å²) >= 11 is 4.03. The molecular formula is C45H47N3O7S2. The fourth-order valence-corrected chi connectivity index (χ4v) is 8.50. The second-order valence-electron chi connectivity index (χ2n) is 14.4. The Morgan fingerprint density at radius 3 is 2.19 bits per heavy atom. The summed E-state index contributed by atoms with van der Waals surface area (Å²) in [4.78, 5) is 42.0. The molecule has 0 spiro atoms. The number of hydrogen-bond acceptors (Lipinski definition) is 8. The number of carboxylic acids is 1. The lowest BCUT2D eigenvalue weighted by atomic mass is 9.83. The molecule has 1 aliphatic carbocycles. The number of hydrogen-bond donors (Lipinski definition) is 3. The van der Waals surface area contributed by atoms with E-state index in [-0.39, 0.29) is 23.5 Å². The third-order valence-electron chi connectivity index (χ3n) is 10.2. The van der Waals surface area contributed by atoms with Crippen molar-refractivity contribution >= 4 is 46.0 Å². The van der Waals surface area contributed by atoms with Crippen LogP contribution in [0.3, 0.4) is 0 Å². The van der Waals surface area contributed by atoms with Crippen LogP contribution in [0.4, 0.5) is 0 Å². The number of benzene rings is 4. The highest BCUT2D eigenvalue weighted by molar-refractivity contribution is 7.89. The van der Waals surface area contributed by atoms with E-state index < -0.39 is 27.9 Å². The number of carboxylic acid groups (broad SMARTS) is 1. The van der Waals surface area contributed by atoms with Gasteiger partial charge in [0.05, 0.1) is 5.75 Å². The number of oxazole rings is 1. The molecule has 0 bridgehead atoms. The first kappa shape index (κ1) is 41.2. The second kappa shape index (κ2) is 19.1. The summed E-state index contributed by atoms with van der Waals surface area (Å²) in [7, 11) is -3.84. The third kappa shape index (κ3) is 10.7. The van der Waals surface area contributed by atoms with Crippen molar-refractivity contribution in [3.8, 4) is 22.6 Å². The lowest BCUT2D eigenvalue weighted by Gasteiger charge is -2.24. The molecule has 7 rings (SSSR count). The van der Waals surface area contributed by atoms with Crippen molar-refractivity contribution in [3.05, 3.63) is 144 Å². The first-order valence-corrected chi connectivity index (χ1v) is 21.5. The first-order valence-electron chi connectivity index (χ1n) is 19.2. The monoisotopic (exact) mass is 805 g/mol. The minimum Gasteiger partial charge on any atom is -0.480 e. The zero-order valence-corrected chi connectivity index (χ0v) is 33.5. The minimum absolute atomic E-state index is 0.0927. The molecule has 0 saturated carbocycles. The Morgan fingerprint density at radius 2 is 1.53 bits per heavy atom. The van der Waals surface area contributed by atoms with Gasteiger partial charge in [0.2, 0.25) is 21.8 Å². The van der Waals surface area contributed by atoms with Crippen LogP contribution in [-0.2, 0) is 31.8 Å². The predicted molar refractivity (Wildman–Crippen MR) is 225 cm³/mol. The topological polar surface area (TPSA) is 147 Å². The number of carbonyl (C=O) groups excluding carboxylic acids is 2. The number of sulfonamides is 1. The van der Waals surface area contributed by atoms with Crippen molar-refractivity contribution in [1.82, 2.24) is 14.6 Å². The number of aromatic nitrogens is 1. The van der Waals surface area contributed by atoms with E-state index in [2.05, 4.69) is 23.4 Å². The second-order valence-corrected chi connectivity index (χ2v) is 16.5. The highest BCUT2D eigenvalue weighted by Gasteiger charge is 2.35. The number of nitrogens with one attached hydrogen (secondary N) is 1. The number of nitrogens with zero attached hydrogens (tertiary/aromatic N) is 2. The van der Waals surface area contributed by atoms with Gasteiger partial charge >= 0.3 is 5.97 Å². The molecule has 2 amide bonds. The van der Waals surface area contributed by atoms with Crippen molar-refractivity contribution in [2.75, 3.05) is 12.3 Å². The molecule has 2 aliphatic rings. The highest BCUT2D eigenvalue weighted by atomic mass is 32.2. The third-order valence-corrected chi connectivity index (χ3v) is 11.9. The molecule has 12 heteroatoms. The van der Waals surface area contributed by atoms with Crippen LogP contribution >= 0.6 is 12.6 Å². The minimum atomic E-state index is -3.84. The number of amides is 2. The summed E-state index contributed by atoms with van der Waals surface area (Å²) in [5.74, 6) is -0.135. The van der Waals surface area contributed by atoms with Crippen molar-refractivity contribution < 1.29 is 32.3 Å². The molecule has 0 unspecified atom stereocenters. The molecular weight excluding hydrogens is 759 g/mol. The first-order chi connectivity index (χ1) is 27.5. The number of aliphatic carboxylic acids is 1. The molecule has 4 aromatic carbocycles. The molecule has 1 fully saturated rings. The normalized spacial score (nSPS) is 17.2. The lowest BCUT2D eigenvalue weighted by molar-refractivity contribution is -0.149. The van der Waals surface area contributed by atoms with Crippen LogP contribution in [0.25, 0.3) is 28.2 Å². The van der Waals surface area contributed by atoms with E-state index in [1.165, 1.54) is 4.90 Å². The van der Waals surface area contributed by atoms with Crippen molar-refractivity contribution in [2.24, 2.45) is 11.8 Å². The van der Waals surface area contributed by atoms with E-state index in [9.17, 15) is 22.8 Å². The average Bonchev–Trinajstić information content (AvgIpc) is 3.91. The molecule has 1 saturated heterocycles. The van der Waals surface area contributed by atoms with Crippen molar-refractivity contribution in [2.45, 2.75) is 57.2 Å². The molecule has 1 aliphatic heterocycles. The fourth-order valence-electron chi connectivity index (χ4n) is 7.24. The maximum atomic E-state index is 13.0. The van der Waals surface area contributed by atoms with Gasteiger partial charge in [0.15, 0.2) is 5.76 Å². The predicted octanol–water partition coefficient (Wildman–Crippen LogP) is 8.32. The Hall–Kier alpha value is -5.46. The van der Waals surface area contributed by atoms with E-state index in [0.29, 0.717) is 42.2 Å². The Bertz CT molecular complexity index is 2240. The van der Waals surface area contributed by atoms with Crippen LogP contribution < -0.4 is 4.72 Å². The molecule has 10 nitrogen and oxygen atoms in total. The fraction of sp³-hybridized carbons (Fsp3) is 0.289. The largest absolute Gasteiger partial charge is 0.480 e. The van der Waals surface area contributed by atoms with Gasteiger partial charge in [-0.1, -0.05) is 116 Å². The van der Waals surface area contributed by atoms with Gasteiger partial charge in [0.1, 0.15) is 11.7 Å². The van der Waals surface area contributed by atoms with Crippen LogP contribution in [0.5, 0.6) is 0 Å². The van der Waals surface area contributed by atoms with Gasteiger partial charge in [-0.25, -0.2) is 22.9 Å². The van der Waals surface area contributed by atoms with E-state index in [0.717, 1.165) is 59.4 Å². The van der Waals surface area contributed by atoms with E-state index >= 15 is 0 Å². The summed E-state index contributed by atoms with van der Waals surface area (Å²) in [6, 6.07) is 35.5. The Balaban J connectivity index is 0.000000333. The molecule has 1 aromatic heterocycles. The van der Waals surface area contributed by atoms with Crippen LogP contribution in [0.2, 0.25) is 0 Å². The number of thiol groups is 1. The van der Waals surface area contributed by atoms with Crippen molar-refractivity contribution in [3.63, 3.8) is 0 Å². The van der Waals surface area contributed by atoms with Crippen LogP contribution in [0, 0.1) is 11.8 Å². The number of rotatable bonds is 12. The molecule has 0 radical (unpaired) electrons. The van der Waals surface area contributed by atoms with Gasteiger partial charge in [0.25, 0.3) is 5.91 Å². The molecule has 5 aromatic rings. The molecule has 3 atom stereocenters. The molecule has 2 heterocycles. The zero-order chi connectivity index (χ0) is 40.4. The zero-order valence-electron chi connectivity index (χ0n) is 31.8. The van der Waals surface area contributed by atoms with Crippen LogP contribution in [-0.4, -0.2) is 59.5 Å². The number of allylic oxidation sites excluding steroid dienone is 2. The van der Waals surface area contributed by atoms with Crippen molar-refractivity contribution in [1.29, 1.82) is 0 Å². The van der Waals surface area contributed by atoms with Gasteiger partial charge in [-0.05, 0) is 67.7 Å². The van der Waals surface area contributed by atoms with Gasteiger partial charge < -0.3 is 14.4 Å². The molecule has 2 N–H and O–H groups in total. The quantitative estimate of drug-likeness (QED) is 0.107. The SMILES string of the molecule is C[C@H](CS)C(=O)N1CCC[C@H]1C(=O)O.O=C(NS(=O)(=O)Cc1ccccc1)c1cccc(C[C@@H]2CCCC=C2c2nc(-c3ccccc3)c(-c3ccccc3)o2)c1. The van der Waals surface area contributed by atoms with Crippen LogP contribution in [0.1, 0.15) is 66.4 Å². The van der Waals surface area contributed by atoms with E-state index in [1.54, 1.807) is 49.4 Å². The van der Waals surface area contributed by atoms with Gasteiger partial charge in [-0.15, -0.1) is 0 Å². The molecule has 57 heavy (non-hydrogen) atoms. The summed E-state index contributed by atoms with van der Waals surface area (Å²) in [6.45, 7) is 2.33. The average molecular weight is 806 g/mol. The number of carbonyl (C=O) groups is 3. The number of likely N-dealkylation sites (tertiary alicyclic amines) is 1. The summed E-state index contributed by atoms with van der Waals surface area (Å²) in [5, 5.41) is 8.87. The maximum Gasteiger partial charge on any atom is 0.326 e. The maximum absolute atomic E-state index is 13.0. The van der Waals surface area contributed by atoms with Gasteiger partial charge in [-0.3, -0.25) is 9.59 Å². The smallest absolute Gasteiger partial charge is 0.326 e. The Labute approximate surface area is 339 Å². The lowest BCUT2D eigenvalue weighted by Crippen LogP contribution is -2.43. The van der Waals surface area contributed by atoms with Gasteiger partial charge in [-0.2, -0.15) is 12.6 Å². The van der Waals surface area contributed by atoms with Gasteiger partial charge in [0, 0.05) is 40.5 Å². The van der Waals surface area contributed by atoms with E-state index in [1.807, 2.05) is 72.8 Å². The summed E-state index contributed by atoms with van der Waals surface area (Å²) in [5.41, 5.74) is 5.70. The Morgan fingerprint density at radius 1 is 0.877 bits per heavy atom.